The number of anilines is 1. The van der Waals surface area contributed by atoms with E-state index in [-0.39, 0.29) is 6.04 Å². The highest BCUT2D eigenvalue weighted by atomic mass is 32.2. The van der Waals surface area contributed by atoms with Crippen molar-refractivity contribution in [3.8, 4) is 0 Å². The third-order valence-corrected chi connectivity index (χ3v) is 6.84. The molecule has 102 valence electrons. The van der Waals surface area contributed by atoms with Gasteiger partial charge in [-0.05, 0) is 25.3 Å². The molecule has 0 aromatic carbocycles. The van der Waals surface area contributed by atoms with Gasteiger partial charge in [0.15, 0.2) is 0 Å². The van der Waals surface area contributed by atoms with Crippen LogP contribution in [0.4, 0.5) is 5.69 Å². The first-order valence-corrected chi connectivity index (χ1v) is 8.73. The summed E-state index contributed by atoms with van der Waals surface area (Å²) in [7, 11) is -3.35. The fraction of sp³-hybridized carbons (Fsp3) is 0.667. The fourth-order valence-corrected chi connectivity index (χ4v) is 5.43. The summed E-state index contributed by atoms with van der Waals surface area (Å²) >= 11 is 1.21. The molecule has 0 bridgehead atoms. The van der Waals surface area contributed by atoms with Crippen molar-refractivity contribution in [2.24, 2.45) is 0 Å². The smallest absolute Gasteiger partial charge is 0.252 e. The van der Waals surface area contributed by atoms with Gasteiger partial charge in [0.1, 0.15) is 4.21 Å². The maximum atomic E-state index is 12.6. The third kappa shape index (κ3) is 2.70. The molecule has 0 aliphatic carbocycles. The Hall–Kier alpha value is -0.590. The van der Waals surface area contributed by atoms with Crippen LogP contribution in [0.25, 0.3) is 0 Å². The van der Waals surface area contributed by atoms with E-state index < -0.39 is 10.0 Å². The number of hydrogen-bond acceptors (Lipinski definition) is 4. The summed E-state index contributed by atoms with van der Waals surface area (Å²) in [5.74, 6) is 0. The summed E-state index contributed by atoms with van der Waals surface area (Å²) in [5, 5.41) is 1.69. The van der Waals surface area contributed by atoms with Gasteiger partial charge in [0, 0.05) is 23.7 Å². The van der Waals surface area contributed by atoms with E-state index in [0.717, 1.165) is 32.1 Å². The van der Waals surface area contributed by atoms with E-state index in [4.69, 9.17) is 5.73 Å². The first-order chi connectivity index (χ1) is 8.55. The molecular weight excluding hydrogens is 268 g/mol. The summed E-state index contributed by atoms with van der Waals surface area (Å²) in [6, 6.07) is 1.71. The number of rotatable bonds is 3. The second kappa shape index (κ2) is 5.59. The first-order valence-electron chi connectivity index (χ1n) is 6.41. The van der Waals surface area contributed by atoms with Crippen molar-refractivity contribution in [2.75, 3.05) is 12.3 Å². The Kier molecular flexibility index (Phi) is 4.29. The molecule has 1 saturated heterocycles. The summed E-state index contributed by atoms with van der Waals surface area (Å²) in [4.78, 5) is 0. The van der Waals surface area contributed by atoms with E-state index in [2.05, 4.69) is 6.92 Å². The Balaban J connectivity index is 2.32. The maximum absolute atomic E-state index is 12.6. The number of nitrogens with zero attached hydrogens (tertiary/aromatic N) is 1. The van der Waals surface area contributed by atoms with Crippen molar-refractivity contribution >= 4 is 27.0 Å². The summed E-state index contributed by atoms with van der Waals surface area (Å²) in [6.45, 7) is 2.69. The molecule has 0 amide bonds. The van der Waals surface area contributed by atoms with E-state index in [1.807, 2.05) is 0 Å². The van der Waals surface area contributed by atoms with Gasteiger partial charge in [-0.2, -0.15) is 4.31 Å². The van der Waals surface area contributed by atoms with E-state index >= 15 is 0 Å². The minimum Gasteiger partial charge on any atom is -0.398 e. The number of hydrogen-bond donors (Lipinski definition) is 1. The quantitative estimate of drug-likeness (QED) is 0.930. The lowest BCUT2D eigenvalue weighted by atomic mass is 10.1. The van der Waals surface area contributed by atoms with Gasteiger partial charge in [-0.1, -0.05) is 19.8 Å². The molecule has 2 N–H and O–H groups in total. The molecule has 2 heterocycles. The van der Waals surface area contributed by atoms with E-state index in [1.54, 1.807) is 15.8 Å². The topological polar surface area (TPSA) is 63.4 Å². The standard InChI is InChI=1S/C12H20N2O2S2/c1-2-11-6-4-3-5-7-14(11)18(15,16)12-8-10(13)9-17-12/h8-9,11H,2-7,13H2,1H3. The number of sulfonamides is 1. The molecule has 18 heavy (non-hydrogen) atoms. The van der Waals surface area contributed by atoms with Gasteiger partial charge >= 0.3 is 0 Å². The van der Waals surface area contributed by atoms with Crippen LogP contribution in [0.3, 0.4) is 0 Å². The van der Waals surface area contributed by atoms with Crippen LogP contribution in [0.2, 0.25) is 0 Å². The zero-order valence-corrected chi connectivity index (χ0v) is 12.3. The van der Waals surface area contributed by atoms with Gasteiger partial charge in [-0.15, -0.1) is 11.3 Å². The maximum Gasteiger partial charge on any atom is 0.252 e. The molecular formula is C12H20N2O2S2. The van der Waals surface area contributed by atoms with Gasteiger partial charge in [-0.3, -0.25) is 0 Å². The van der Waals surface area contributed by atoms with Crippen molar-refractivity contribution in [1.29, 1.82) is 0 Å². The SMILES string of the molecule is CCC1CCCCCN1S(=O)(=O)c1cc(N)cs1. The average Bonchev–Trinajstić information content (AvgIpc) is 2.65. The van der Waals surface area contributed by atoms with E-state index in [1.165, 1.54) is 11.3 Å². The normalized spacial score (nSPS) is 22.8. The highest BCUT2D eigenvalue weighted by Crippen LogP contribution is 2.30. The second-order valence-corrected chi connectivity index (χ2v) is 7.75. The van der Waals surface area contributed by atoms with E-state index in [0.29, 0.717) is 16.4 Å². The molecule has 1 aromatic heterocycles. The zero-order valence-electron chi connectivity index (χ0n) is 10.6. The molecule has 6 heteroatoms. The Morgan fingerprint density at radius 1 is 1.44 bits per heavy atom. The van der Waals surface area contributed by atoms with Crippen LogP contribution in [0.15, 0.2) is 15.7 Å². The van der Waals surface area contributed by atoms with Crippen molar-refractivity contribution in [3.63, 3.8) is 0 Å². The highest BCUT2D eigenvalue weighted by Gasteiger charge is 2.32. The van der Waals surface area contributed by atoms with Crippen LogP contribution in [0, 0.1) is 0 Å². The lowest BCUT2D eigenvalue weighted by Crippen LogP contribution is -2.39. The van der Waals surface area contributed by atoms with Crippen LogP contribution >= 0.6 is 11.3 Å². The Bertz CT molecular complexity index is 496. The van der Waals surface area contributed by atoms with Gasteiger partial charge in [0.2, 0.25) is 0 Å². The Morgan fingerprint density at radius 3 is 2.83 bits per heavy atom. The monoisotopic (exact) mass is 288 g/mol. The van der Waals surface area contributed by atoms with Gasteiger partial charge in [0.25, 0.3) is 10.0 Å². The lowest BCUT2D eigenvalue weighted by molar-refractivity contribution is 0.316. The predicted molar refractivity (Wildman–Crippen MR) is 75.2 cm³/mol. The average molecular weight is 288 g/mol. The minimum atomic E-state index is -3.35. The minimum absolute atomic E-state index is 0.140. The first kappa shape index (κ1) is 13.8. The van der Waals surface area contributed by atoms with Crippen LogP contribution in [-0.4, -0.2) is 25.3 Å². The molecule has 1 aromatic rings. The largest absolute Gasteiger partial charge is 0.398 e. The number of thiophene rings is 1. The number of nitrogens with two attached hydrogens (primary N) is 1. The van der Waals surface area contributed by atoms with Crippen molar-refractivity contribution < 1.29 is 8.42 Å². The molecule has 1 fully saturated rings. The molecule has 1 aliphatic heterocycles. The highest BCUT2D eigenvalue weighted by molar-refractivity contribution is 7.91. The molecule has 2 rings (SSSR count). The molecule has 1 aliphatic rings. The van der Waals surface area contributed by atoms with Gasteiger partial charge < -0.3 is 5.73 Å². The second-order valence-electron chi connectivity index (χ2n) is 4.73. The molecule has 0 radical (unpaired) electrons. The summed E-state index contributed by atoms with van der Waals surface area (Å²) < 4.78 is 27.3. The van der Waals surface area contributed by atoms with E-state index in [9.17, 15) is 8.42 Å². The third-order valence-electron chi connectivity index (χ3n) is 3.45. The van der Waals surface area contributed by atoms with Crippen molar-refractivity contribution in [3.05, 3.63) is 11.4 Å². The van der Waals surface area contributed by atoms with Crippen LogP contribution in [0.1, 0.15) is 39.0 Å². The fourth-order valence-electron chi connectivity index (χ4n) is 2.46. The van der Waals surface area contributed by atoms with Gasteiger partial charge in [0.05, 0.1) is 0 Å². The van der Waals surface area contributed by atoms with Gasteiger partial charge in [-0.25, -0.2) is 8.42 Å². The molecule has 1 atom stereocenters. The zero-order chi connectivity index (χ0) is 13.2. The predicted octanol–water partition coefficient (Wildman–Crippen LogP) is 2.67. The van der Waals surface area contributed by atoms with Crippen molar-refractivity contribution in [2.45, 2.75) is 49.3 Å². The molecule has 0 spiro atoms. The Morgan fingerprint density at radius 2 is 2.22 bits per heavy atom. The summed E-state index contributed by atoms with van der Waals surface area (Å²) in [6.07, 6.45) is 5.04. The van der Waals surface area contributed by atoms with Crippen molar-refractivity contribution in [1.82, 2.24) is 4.31 Å². The number of nitrogen functional groups attached to an aromatic ring is 1. The van der Waals surface area contributed by atoms with Crippen LogP contribution in [-0.2, 0) is 10.0 Å². The lowest BCUT2D eigenvalue weighted by Gasteiger charge is -2.27. The molecule has 0 saturated carbocycles. The summed E-state index contributed by atoms with van der Waals surface area (Å²) in [5.41, 5.74) is 6.16. The molecule has 1 unspecified atom stereocenters. The molecule has 4 nitrogen and oxygen atoms in total. The van der Waals surface area contributed by atoms with Crippen LogP contribution < -0.4 is 5.73 Å². The Labute approximate surface area is 113 Å². The van der Waals surface area contributed by atoms with Crippen LogP contribution in [0.5, 0.6) is 0 Å².